The third-order valence-electron chi connectivity index (χ3n) is 2.82. The first kappa shape index (κ1) is 16.8. The second-order valence-corrected chi connectivity index (χ2v) is 4.67. The van der Waals surface area contributed by atoms with Gasteiger partial charge in [0.25, 0.3) is 0 Å². The van der Waals surface area contributed by atoms with Gasteiger partial charge in [-0.25, -0.2) is 0 Å². The molecule has 114 valence electrons. The number of hydrogen-bond donors (Lipinski definition) is 1. The van der Waals surface area contributed by atoms with E-state index in [-0.39, 0.29) is 6.04 Å². The first-order chi connectivity index (χ1) is 9.72. The van der Waals surface area contributed by atoms with Gasteiger partial charge in [-0.15, -0.1) is 0 Å². The van der Waals surface area contributed by atoms with Crippen molar-refractivity contribution in [2.45, 2.75) is 39.7 Å². The van der Waals surface area contributed by atoms with Gasteiger partial charge in [-0.3, -0.25) is 0 Å². The zero-order valence-electron chi connectivity index (χ0n) is 12.9. The van der Waals surface area contributed by atoms with Crippen molar-refractivity contribution in [3.05, 3.63) is 23.8 Å². The van der Waals surface area contributed by atoms with Crippen LogP contribution in [0.4, 0.5) is 0 Å². The van der Waals surface area contributed by atoms with Crippen LogP contribution in [0, 0.1) is 0 Å². The van der Waals surface area contributed by atoms with E-state index in [2.05, 4.69) is 13.8 Å². The van der Waals surface area contributed by atoms with E-state index in [0.717, 1.165) is 29.9 Å². The summed E-state index contributed by atoms with van der Waals surface area (Å²) in [7, 11) is 0. The summed E-state index contributed by atoms with van der Waals surface area (Å²) in [6.45, 7) is 8.67. The number of hydrogen-bond acceptors (Lipinski definition) is 4. The minimum absolute atomic E-state index is 0.140. The molecule has 1 aromatic rings. The molecule has 0 aromatic heterocycles. The van der Waals surface area contributed by atoms with Crippen LogP contribution in [0.25, 0.3) is 0 Å². The summed E-state index contributed by atoms with van der Waals surface area (Å²) < 4.78 is 16.8. The van der Waals surface area contributed by atoms with Gasteiger partial charge in [-0.2, -0.15) is 0 Å². The van der Waals surface area contributed by atoms with Crippen molar-refractivity contribution in [2.24, 2.45) is 5.73 Å². The van der Waals surface area contributed by atoms with E-state index >= 15 is 0 Å². The second-order valence-electron chi connectivity index (χ2n) is 4.67. The van der Waals surface area contributed by atoms with Gasteiger partial charge in [0.05, 0.1) is 25.9 Å². The fourth-order valence-electron chi connectivity index (χ4n) is 1.75. The molecule has 0 aliphatic heterocycles. The third-order valence-corrected chi connectivity index (χ3v) is 2.82. The van der Waals surface area contributed by atoms with Gasteiger partial charge >= 0.3 is 0 Å². The van der Waals surface area contributed by atoms with Gasteiger partial charge < -0.3 is 19.9 Å². The van der Waals surface area contributed by atoms with Crippen molar-refractivity contribution in [2.75, 3.05) is 26.4 Å². The zero-order valence-corrected chi connectivity index (χ0v) is 12.9. The Bertz CT molecular complexity index is 382. The summed E-state index contributed by atoms with van der Waals surface area (Å²) in [6.07, 6.45) is 1.93. The molecule has 0 amide bonds. The topological polar surface area (TPSA) is 53.7 Å². The predicted molar refractivity (Wildman–Crippen MR) is 81.4 cm³/mol. The van der Waals surface area contributed by atoms with Crippen LogP contribution in [-0.4, -0.2) is 26.4 Å². The molecular weight excluding hydrogens is 254 g/mol. The molecular formula is C16H27NO3. The lowest BCUT2D eigenvalue weighted by atomic mass is 10.1. The van der Waals surface area contributed by atoms with Gasteiger partial charge in [-0.1, -0.05) is 19.9 Å². The Morgan fingerprint density at radius 3 is 2.25 bits per heavy atom. The SMILES string of the molecule is CCCOc1ccc(C(N)COCC)cc1OCCC. The molecule has 0 saturated heterocycles. The molecule has 2 N–H and O–H groups in total. The van der Waals surface area contributed by atoms with E-state index in [1.54, 1.807) is 0 Å². The molecule has 4 nitrogen and oxygen atoms in total. The molecule has 0 aliphatic carbocycles. The maximum absolute atomic E-state index is 6.11. The highest BCUT2D eigenvalue weighted by Crippen LogP contribution is 2.30. The molecule has 0 saturated carbocycles. The standard InChI is InChI=1S/C16H27NO3/c1-4-9-19-15-8-7-13(14(17)12-18-6-3)11-16(15)20-10-5-2/h7-8,11,14H,4-6,9-10,12,17H2,1-3H3. The number of rotatable bonds is 10. The van der Waals surface area contributed by atoms with Crippen LogP contribution in [0.1, 0.15) is 45.2 Å². The molecule has 0 radical (unpaired) electrons. The molecule has 1 aromatic carbocycles. The third kappa shape index (κ3) is 5.39. The summed E-state index contributed by atoms with van der Waals surface area (Å²) in [5.74, 6) is 1.55. The van der Waals surface area contributed by atoms with E-state index in [0.29, 0.717) is 26.4 Å². The van der Waals surface area contributed by atoms with Crippen LogP contribution in [-0.2, 0) is 4.74 Å². The van der Waals surface area contributed by atoms with Gasteiger partial charge in [0.15, 0.2) is 11.5 Å². The molecule has 0 bridgehead atoms. The molecule has 0 heterocycles. The first-order valence-corrected chi connectivity index (χ1v) is 7.45. The van der Waals surface area contributed by atoms with Gasteiger partial charge in [-0.05, 0) is 37.5 Å². The summed E-state index contributed by atoms with van der Waals surface area (Å²) >= 11 is 0. The Kier molecular flexibility index (Phi) is 8.07. The maximum atomic E-state index is 6.11. The van der Waals surface area contributed by atoms with Gasteiger partial charge in [0.1, 0.15) is 0 Å². The van der Waals surface area contributed by atoms with E-state index in [4.69, 9.17) is 19.9 Å². The minimum atomic E-state index is -0.140. The highest BCUT2D eigenvalue weighted by Gasteiger charge is 2.11. The molecule has 1 rings (SSSR count). The van der Waals surface area contributed by atoms with Crippen molar-refractivity contribution in [1.29, 1.82) is 0 Å². The van der Waals surface area contributed by atoms with Crippen LogP contribution in [0.2, 0.25) is 0 Å². The maximum Gasteiger partial charge on any atom is 0.161 e. The molecule has 1 unspecified atom stereocenters. The van der Waals surface area contributed by atoms with Crippen molar-refractivity contribution < 1.29 is 14.2 Å². The number of nitrogens with two attached hydrogens (primary N) is 1. The Morgan fingerprint density at radius 2 is 1.65 bits per heavy atom. The lowest BCUT2D eigenvalue weighted by Gasteiger charge is -2.16. The van der Waals surface area contributed by atoms with Crippen LogP contribution < -0.4 is 15.2 Å². The minimum Gasteiger partial charge on any atom is -0.490 e. The predicted octanol–water partition coefficient (Wildman–Crippen LogP) is 3.30. The highest BCUT2D eigenvalue weighted by atomic mass is 16.5. The molecule has 1 atom stereocenters. The number of ether oxygens (including phenoxy) is 3. The monoisotopic (exact) mass is 281 g/mol. The van der Waals surface area contributed by atoms with Crippen molar-refractivity contribution >= 4 is 0 Å². The average molecular weight is 281 g/mol. The van der Waals surface area contributed by atoms with Crippen molar-refractivity contribution in [1.82, 2.24) is 0 Å². The van der Waals surface area contributed by atoms with Crippen LogP contribution in [0.15, 0.2) is 18.2 Å². The quantitative estimate of drug-likeness (QED) is 0.715. The smallest absolute Gasteiger partial charge is 0.161 e. The number of benzene rings is 1. The van der Waals surface area contributed by atoms with E-state index in [1.165, 1.54) is 0 Å². The summed E-state index contributed by atoms with van der Waals surface area (Å²) in [5, 5.41) is 0. The molecule has 0 fully saturated rings. The van der Waals surface area contributed by atoms with Gasteiger partial charge in [0, 0.05) is 6.61 Å². The Labute approximate surface area is 122 Å². The largest absolute Gasteiger partial charge is 0.490 e. The fraction of sp³-hybridized carbons (Fsp3) is 0.625. The zero-order chi connectivity index (χ0) is 14.8. The Morgan fingerprint density at radius 1 is 1.00 bits per heavy atom. The normalized spacial score (nSPS) is 12.2. The molecule has 0 spiro atoms. The second kappa shape index (κ2) is 9.61. The van der Waals surface area contributed by atoms with Crippen molar-refractivity contribution in [3.63, 3.8) is 0 Å². The first-order valence-electron chi connectivity index (χ1n) is 7.45. The molecule has 20 heavy (non-hydrogen) atoms. The average Bonchev–Trinajstić information content (AvgIpc) is 2.48. The van der Waals surface area contributed by atoms with E-state index in [9.17, 15) is 0 Å². The Balaban J connectivity index is 2.82. The highest BCUT2D eigenvalue weighted by molar-refractivity contribution is 5.44. The van der Waals surface area contributed by atoms with Crippen LogP contribution >= 0.6 is 0 Å². The Hall–Kier alpha value is -1.26. The van der Waals surface area contributed by atoms with E-state index in [1.807, 2.05) is 25.1 Å². The van der Waals surface area contributed by atoms with Crippen LogP contribution in [0.3, 0.4) is 0 Å². The molecule has 4 heteroatoms. The lowest BCUT2D eigenvalue weighted by molar-refractivity contribution is 0.133. The summed E-state index contributed by atoms with van der Waals surface area (Å²) in [5.41, 5.74) is 7.12. The van der Waals surface area contributed by atoms with Gasteiger partial charge in [0.2, 0.25) is 0 Å². The molecule has 0 aliphatic rings. The summed E-state index contributed by atoms with van der Waals surface area (Å²) in [6, 6.07) is 5.73. The lowest BCUT2D eigenvalue weighted by Crippen LogP contribution is -2.17. The summed E-state index contributed by atoms with van der Waals surface area (Å²) in [4.78, 5) is 0. The van der Waals surface area contributed by atoms with Crippen molar-refractivity contribution in [3.8, 4) is 11.5 Å². The van der Waals surface area contributed by atoms with Crippen LogP contribution in [0.5, 0.6) is 11.5 Å². The van der Waals surface area contributed by atoms with E-state index < -0.39 is 0 Å². The fourth-order valence-corrected chi connectivity index (χ4v) is 1.75.